The highest BCUT2D eigenvalue weighted by molar-refractivity contribution is 7.71. The van der Waals surface area contributed by atoms with Crippen LogP contribution in [0.25, 0.3) is 10.9 Å². The number of hydrogen-bond donors (Lipinski definition) is 1. The Morgan fingerprint density at radius 3 is 2.57 bits per heavy atom. The molecule has 2 heteroatoms. The Morgan fingerprint density at radius 1 is 1.14 bits per heavy atom. The van der Waals surface area contributed by atoms with Gasteiger partial charge in [0, 0.05) is 16.6 Å². The summed E-state index contributed by atoms with van der Waals surface area (Å²) in [7, 11) is 0. The molecular formula is C12H13NS. The van der Waals surface area contributed by atoms with Gasteiger partial charge in [0.25, 0.3) is 0 Å². The highest BCUT2D eigenvalue weighted by atomic mass is 32.1. The summed E-state index contributed by atoms with van der Waals surface area (Å²) in [6.07, 6.45) is 0. The van der Waals surface area contributed by atoms with Crippen LogP contribution in [0.1, 0.15) is 16.8 Å². The van der Waals surface area contributed by atoms with Crippen LogP contribution in [0.2, 0.25) is 0 Å². The van der Waals surface area contributed by atoms with E-state index >= 15 is 0 Å². The third-order valence-electron chi connectivity index (χ3n) is 2.73. The number of nitrogens with one attached hydrogen (secondary N) is 1. The SMILES string of the molecule is Cc1[nH]c2c(C)cccc2c(=S)c1C. The van der Waals surface area contributed by atoms with Gasteiger partial charge in [-0.05, 0) is 31.9 Å². The van der Waals surface area contributed by atoms with Gasteiger partial charge in [-0.1, -0.05) is 30.4 Å². The Labute approximate surface area is 88.8 Å². The lowest BCUT2D eigenvalue weighted by atomic mass is 10.1. The van der Waals surface area contributed by atoms with Gasteiger partial charge in [-0.25, -0.2) is 0 Å². The normalized spacial score (nSPS) is 10.8. The van der Waals surface area contributed by atoms with Gasteiger partial charge >= 0.3 is 0 Å². The van der Waals surface area contributed by atoms with Crippen LogP contribution in [-0.4, -0.2) is 4.98 Å². The first-order valence-electron chi connectivity index (χ1n) is 4.70. The molecule has 0 saturated heterocycles. The molecule has 0 unspecified atom stereocenters. The van der Waals surface area contributed by atoms with Crippen molar-refractivity contribution in [3.05, 3.63) is 39.5 Å². The van der Waals surface area contributed by atoms with Crippen molar-refractivity contribution in [1.29, 1.82) is 0 Å². The zero-order chi connectivity index (χ0) is 10.3. The first-order valence-corrected chi connectivity index (χ1v) is 5.11. The maximum absolute atomic E-state index is 5.42. The monoisotopic (exact) mass is 203 g/mol. The first-order chi connectivity index (χ1) is 6.61. The molecule has 2 aromatic rings. The molecule has 0 aliphatic rings. The highest BCUT2D eigenvalue weighted by Crippen LogP contribution is 2.21. The average molecular weight is 203 g/mol. The lowest BCUT2D eigenvalue weighted by Gasteiger charge is -2.07. The predicted molar refractivity (Wildman–Crippen MR) is 63.3 cm³/mol. The minimum atomic E-state index is 0.972. The molecule has 0 aliphatic heterocycles. The number of benzene rings is 1. The largest absolute Gasteiger partial charge is 0.358 e. The molecule has 1 aromatic heterocycles. The molecule has 0 bridgehead atoms. The quantitative estimate of drug-likeness (QED) is 0.643. The Hall–Kier alpha value is -1.15. The Kier molecular flexibility index (Phi) is 2.16. The predicted octanol–water partition coefficient (Wildman–Crippen LogP) is 3.82. The van der Waals surface area contributed by atoms with Crippen molar-refractivity contribution in [3.63, 3.8) is 0 Å². The molecule has 2 rings (SSSR count). The van der Waals surface area contributed by atoms with Crippen LogP contribution in [-0.2, 0) is 0 Å². The summed E-state index contributed by atoms with van der Waals surface area (Å²) in [6.45, 7) is 6.23. The van der Waals surface area contributed by atoms with Crippen LogP contribution in [0.4, 0.5) is 0 Å². The van der Waals surface area contributed by atoms with E-state index in [2.05, 4.69) is 44.0 Å². The van der Waals surface area contributed by atoms with Crippen LogP contribution in [0.15, 0.2) is 18.2 Å². The lowest BCUT2D eigenvalue weighted by molar-refractivity contribution is 1.18. The van der Waals surface area contributed by atoms with E-state index in [1.54, 1.807) is 0 Å². The number of H-pyrrole nitrogens is 1. The Bertz CT molecular complexity index is 552. The van der Waals surface area contributed by atoms with Crippen molar-refractivity contribution in [2.24, 2.45) is 0 Å². The molecule has 1 heterocycles. The van der Waals surface area contributed by atoms with Gasteiger partial charge < -0.3 is 4.98 Å². The maximum atomic E-state index is 5.42. The molecular weight excluding hydrogens is 190 g/mol. The molecule has 0 radical (unpaired) electrons. The number of aromatic amines is 1. The topological polar surface area (TPSA) is 15.8 Å². The molecule has 1 nitrogen and oxygen atoms in total. The Balaban J connectivity index is 3.06. The van der Waals surface area contributed by atoms with Gasteiger partial charge in [-0.3, -0.25) is 0 Å². The fourth-order valence-corrected chi connectivity index (χ4v) is 2.00. The summed E-state index contributed by atoms with van der Waals surface area (Å²) in [4.78, 5) is 3.40. The molecule has 0 spiro atoms. The average Bonchev–Trinajstić information content (AvgIpc) is 2.17. The summed E-state index contributed by atoms with van der Waals surface area (Å²) in [6, 6.07) is 6.23. The van der Waals surface area contributed by atoms with Crippen LogP contribution in [0, 0.1) is 25.3 Å². The molecule has 1 aromatic carbocycles. The summed E-state index contributed by atoms with van der Waals surface area (Å²) in [5.41, 5.74) is 4.76. The smallest absolute Gasteiger partial charge is 0.0516 e. The zero-order valence-electron chi connectivity index (χ0n) is 8.64. The molecule has 0 fully saturated rings. The van der Waals surface area contributed by atoms with Gasteiger partial charge in [-0.15, -0.1) is 0 Å². The summed E-state index contributed by atoms with van der Waals surface area (Å²) >= 11 is 5.42. The second-order valence-electron chi connectivity index (χ2n) is 3.70. The highest BCUT2D eigenvalue weighted by Gasteiger charge is 2.03. The van der Waals surface area contributed by atoms with Crippen LogP contribution >= 0.6 is 12.2 Å². The Morgan fingerprint density at radius 2 is 1.86 bits per heavy atom. The molecule has 0 aliphatic carbocycles. The zero-order valence-corrected chi connectivity index (χ0v) is 9.46. The van der Waals surface area contributed by atoms with Gasteiger partial charge in [0.2, 0.25) is 0 Å². The number of aryl methyl sites for hydroxylation is 2. The number of rotatable bonds is 0. The molecule has 0 saturated carbocycles. The van der Waals surface area contributed by atoms with Crippen molar-refractivity contribution in [2.75, 3.05) is 0 Å². The van der Waals surface area contributed by atoms with Gasteiger partial charge in [0.05, 0.1) is 4.51 Å². The van der Waals surface area contributed by atoms with Crippen molar-refractivity contribution >= 4 is 23.1 Å². The summed E-state index contributed by atoms with van der Waals surface area (Å²) < 4.78 is 0.972. The van der Waals surface area contributed by atoms with E-state index in [1.165, 1.54) is 16.6 Å². The molecule has 72 valence electrons. The number of hydrogen-bond acceptors (Lipinski definition) is 1. The van der Waals surface area contributed by atoms with Crippen molar-refractivity contribution < 1.29 is 0 Å². The molecule has 1 N–H and O–H groups in total. The third kappa shape index (κ3) is 1.26. The summed E-state index contributed by atoms with van der Waals surface area (Å²) in [5, 5.41) is 1.16. The number of fused-ring (bicyclic) bond motifs is 1. The molecule has 0 amide bonds. The van der Waals surface area contributed by atoms with E-state index < -0.39 is 0 Å². The maximum Gasteiger partial charge on any atom is 0.0516 e. The first kappa shape index (κ1) is 9.41. The van der Waals surface area contributed by atoms with E-state index in [4.69, 9.17) is 12.2 Å². The fraction of sp³-hybridized carbons (Fsp3) is 0.250. The fourth-order valence-electron chi connectivity index (χ4n) is 1.68. The van der Waals surface area contributed by atoms with Gasteiger partial charge in [0.1, 0.15) is 0 Å². The van der Waals surface area contributed by atoms with Gasteiger partial charge in [-0.2, -0.15) is 0 Å². The van der Waals surface area contributed by atoms with E-state index in [1.807, 2.05) is 0 Å². The van der Waals surface area contributed by atoms with Crippen molar-refractivity contribution in [2.45, 2.75) is 20.8 Å². The second-order valence-corrected chi connectivity index (χ2v) is 4.11. The number of para-hydroxylation sites is 1. The van der Waals surface area contributed by atoms with E-state index in [-0.39, 0.29) is 0 Å². The van der Waals surface area contributed by atoms with Crippen molar-refractivity contribution in [1.82, 2.24) is 4.98 Å². The minimum absolute atomic E-state index is 0.972. The van der Waals surface area contributed by atoms with Crippen LogP contribution in [0.5, 0.6) is 0 Å². The second kappa shape index (κ2) is 3.21. The molecule has 0 atom stereocenters. The minimum Gasteiger partial charge on any atom is -0.358 e. The van der Waals surface area contributed by atoms with Crippen LogP contribution < -0.4 is 0 Å². The number of pyridine rings is 1. The number of aromatic nitrogens is 1. The third-order valence-corrected chi connectivity index (χ3v) is 3.26. The van der Waals surface area contributed by atoms with E-state index in [9.17, 15) is 0 Å². The summed E-state index contributed by atoms with van der Waals surface area (Å²) in [5.74, 6) is 0. The van der Waals surface area contributed by atoms with E-state index in [0.717, 1.165) is 15.6 Å². The van der Waals surface area contributed by atoms with Crippen LogP contribution in [0.3, 0.4) is 0 Å². The van der Waals surface area contributed by atoms with Gasteiger partial charge in [0.15, 0.2) is 0 Å². The molecule has 14 heavy (non-hydrogen) atoms. The van der Waals surface area contributed by atoms with Crippen molar-refractivity contribution in [3.8, 4) is 0 Å². The standard InChI is InChI=1S/C12H13NS/c1-7-5-4-6-10-11(7)13-9(3)8(2)12(10)14/h4-6H,1-3H3,(H,13,14). The lowest BCUT2D eigenvalue weighted by Crippen LogP contribution is -1.92. The van der Waals surface area contributed by atoms with E-state index in [0.29, 0.717) is 0 Å².